The Balaban J connectivity index is 2.00. The van der Waals surface area contributed by atoms with Crippen molar-refractivity contribution in [1.29, 1.82) is 0 Å². The van der Waals surface area contributed by atoms with Crippen molar-refractivity contribution in [1.82, 2.24) is 10.2 Å². The Morgan fingerprint density at radius 2 is 1.52 bits per heavy atom. The zero-order valence-electron chi connectivity index (χ0n) is 23.4. The topological polar surface area (TPSA) is 86.8 Å². The number of anilines is 1. The van der Waals surface area contributed by atoms with Crippen LogP contribution in [-0.2, 0) is 26.2 Å². The number of sulfonamides is 1. The highest BCUT2D eigenvalue weighted by Crippen LogP contribution is 2.26. The number of nitrogens with one attached hydrogen (secondary N) is 1. The van der Waals surface area contributed by atoms with Crippen molar-refractivity contribution < 1.29 is 22.4 Å². The van der Waals surface area contributed by atoms with E-state index in [-0.39, 0.29) is 23.3 Å². The first-order valence-corrected chi connectivity index (χ1v) is 15.6. The predicted octanol–water partition coefficient (Wildman–Crippen LogP) is 5.24. The van der Waals surface area contributed by atoms with E-state index in [0.717, 1.165) is 14.8 Å². The van der Waals surface area contributed by atoms with E-state index in [4.69, 9.17) is 0 Å². The second-order valence-corrected chi connectivity index (χ2v) is 12.7. The summed E-state index contributed by atoms with van der Waals surface area (Å²) in [4.78, 5) is 29.2. The molecule has 40 heavy (non-hydrogen) atoms. The number of carbonyl (C=O) groups is 2. The highest BCUT2D eigenvalue weighted by molar-refractivity contribution is 7.98. The Morgan fingerprint density at radius 1 is 0.925 bits per heavy atom. The van der Waals surface area contributed by atoms with Gasteiger partial charge in [0.25, 0.3) is 10.0 Å². The summed E-state index contributed by atoms with van der Waals surface area (Å²) < 4.78 is 42.4. The molecule has 3 aromatic rings. The molecule has 0 aromatic heterocycles. The number of nitrogens with zero attached hydrogens (tertiary/aromatic N) is 2. The van der Waals surface area contributed by atoms with Gasteiger partial charge in [-0.25, -0.2) is 12.8 Å². The Morgan fingerprint density at radius 3 is 2.08 bits per heavy atom. The number of halogens is 1. The Labute approximate surface area is 240 Å². The van der Waals surface area contributed by atoms with Gasteiger partial charge in [-0.3, -0.25) is 13.9 Å². The van der Waals surface area contributed by atoms with Gasteiger partial charge in [-0.05, 0) is 80.1 Å². The van der Waals surface area contributed by atoms with E-state index >= 15 is 0 Å². The molecule has 0 aliphatic rings. The lowest BCUT2D eigenvalue weighted by molar-refractivity contribution is -0.139. The minimum absolute atomic E-state index is 0.000413. The molecule has 10 heteroatoms. The van der Waals surface area contributed by atoms with Crippen molar-refractivity contribution in [2.24, 2.45) is 5.92 Å². The number of hydrogen-bond donors (Lipinski definition) is 1. The van der Waals surface area contributed by atoms with Gasteiger partial charge in [-0.1, -0.05) is 43.7 Å². The molecule has 3 aromatic carbocycles. The molecule has 0 saturated heterocycles. The van der Waals surface area contributed by atoms with Gasteiger partial charge in [-0.2, -0.15) is 0 Å². The number of rotatable bonds is 12. The van der Waals surface area contributed by atoms with Crippen molar-refractivity contribution in [3.63, 3.8) is 0 Å². The average Bonchev–Trinajstić information content (AvgIpc) is 2.94. The summed E-state index contributed by atoms with van der Waals surface area (Å²) >= 11 is 1.49. The zero-order chi connectivity index (χ0) is 29.4. The standard InChI is InChI=1S/C30H36FN3O4S2/c1-21(2)18-32-30(36)23(4)33(19-24-8-10-25(31)11-9-24)29(35)20-34(26-12-6-22(3)7-13-26)40(37,38)28-16-14-27(39-5)15-17-28/h6-17,21,23H,18-20H2,1-5H3,(H,32,36)/t23-/m1/s1. The van der Waals surface area contributed by atoms with Gasteiger partial charge >= 0.3 is 0 Å². The van der Waals surface area contributed by atoms with Crippen LogP contribution in [0.3, 0.4) is 0 Å². The summed E-state index contributed by atoms with van der Waals surface area (Å²) in [6.07, 6.45) is 1.90. The predicted molar refractivity (Wildman–Crippen MR) is 158 cm³/mol. The Kier molecular flexibility index (Phi) is 10.8. The van der Waals surface area contributed by atoms with E-state index in [0.29, 0.717) is 17.8 Å². The maximum atomic E-state index is 13.9. The van der Waals surface area contributed by atoms with Crippen LogP contribution in [-0.4, -0.2) is 50.5 Å². The molecule has 1 atom stereocenters. The lowest BCUT2D eigenvalue weighted by Gasteiger charge is -2.32. The number of carbonyl (C=O) groups excluding carboxylic acids is 2. The summed E-state index contributed by atoms with van der Waals surface area (Å²) in [5.74, 6) is -1.14. The third kappa shape index (κ3) is 8.08. The highest BCUT2D eigenvalue weighted by atomic mass is 32.2. The minimum Gasteiger partial charge on any atom is -0.354 e. The first-order chi connectivity index (χ1) is 18.9. The van der Waals surface area contributed by atoms with Gasteiger partial charge in [-0.15, -0.1) is 11.8 Å². The molecule has 7 nitrogen and oxygen atoms in total. The smallest absolute Gasteiger partial charge is 0.264 e. The largest absolute Gasteiger partial charge is 0.354 e. The Bertz CT molecular complexity index is 1390. The van der Waals surface area contributed by atoms with Crippen molar-refractivity contribution in [3.05, 3.63) is 89.7 Å². The second kappa shape index (κ2) is 13.8. The fraction of sp³-hybridized carbons (Fsp3) is 0.333. The summed E-state index contributed by atoms with van der Waals surface area (Å²) in [5, 5.41) is 2.84. The van der Waals surface area contributed by atoms with Crippen LogP contribution < -0.4 is 9.62 Å². The quantitative estimate of drug-likeness (QED) is 0.294. The van der Waals surface area contributed by atoms with Gasteiger partial charge in [0.05, 0.1) is 10.6 Å². The molecule has 0 bridgehead atoms. The number of thioether (sulfide) groups is 1. The second-order valence-electron chi connectivity index (χ2n) is 9.99. The number of benzene rings is 3. The van der Waals surface area contributed by atoms with Crippen molar-refractivity contribution in [3.8, 4) is 0 Å². The van der Waals surface area contributed by atoms with Crippen LogP contribution in [0.2, 0.25) is 0 Å². The summed E-state index contributed by atoms with van der Waals surface area (Å²) in [5.41, 5.74) is 1.87. The maximum Gasteiger partial charge on any atom is 0.264 e. The van der Waals surface area contributed by atoms with Crippen LogP contribution in [0.4, 0.5) is 10.1 Å². The summed E-state index contributed by atoms with van der Waals surface area (Å²) in [6.45, 7) is 7.31. The first-order valence-electron chi connectivity index (χ1n) is 13.0. The van der Waals surface area contributed by atoms with Crippen LogP contribution in [0, 0.1) is 18.7 Å². The van der Waals surface area contributed by atoms with Gasteiger partial charge < -0.3 is 10.2 Å². The van der Waals surface area contributed by atoms with Gasteiger partial charge in [0.15, 0.2) is 0 Å². The lowest BCUT2D eigenvalue weighted by Crippen LogP contribution is -2.51. The van der Waals surface area contributed by atoms with E-state index in [2.05, 4.69) is 5.32 Å². The van der Waals surface area contributed by atoms with E-state index in [1.807, 2.05) is 27.0 Å². The third-order valence-electron chi connectivity index (χ3n) is 6.37. The van der Waals surface area contributed by atoms with E-state index < -0.39 is 34.3 Å². The van der Waals surface area contributed by atoms with Crippen LogP contribution in [0.1, 0.15) is 31.9 Å². The molecule has 0 fully saturated rings. The fourth-order valence-electron chi connectivity index (χ4n) is 3.94. The maximum absolute atomic E-state index is 13.9. The van der Waals surface area contributed by atoms with Gasteiger partial charge in [0.2, 0.25) is 11.8 Å². The number of aryl methyl sites for hydroxylation is 1. The SMILES string of the molecule is CSc1ccc(S(=O)(=O)N(CC(=O)N(Cc2ccc(F)cc2)[C@H](C)C(=O)NCC(C)C)c2ccc(C)cc2)cc1. The molecule has 0 saturated carbocycles. The molecule has 0 heterocycles. The summed E-state index contributed by atoms with van der Waals surface area (Å²) in [7, 11) is -4.14. The fourth-order valence-corrected chi connectivity index (χ4v) is 5.76. The molecule has 0 aliphatic carbocycles. The van der Waals surface area contributed by atoms with Crippen molar-refractivity contribution in [2.45, 2.75) is 50.1 Å². The number of amides is 2. The Hall–Kier alpha value is -3.37. The van der Waals surface area contributed by atoms with Crippen molar-refractivity contribution in [2.75, 3.05) is 23.7 Å². The molecule has 0 radical (unpaired) electrons. The van der Waals surface area contributed by atoms with Crippen LogP contribution in [0.15, 0.2) is 82.6 Å². The molecule has 2 amide bonds. The van der Waals surface area contributed by atoms with Crippen molar-refractivity contribution >= 4 is 39.3 Å². The molecule has 214 valence electrons. The van der Waals surface area contributed by atoms with Gasteiger partial charge in [0, 0.05) is 18.0 Å². The van der Waals surface area contributed by atoms with E-state index in [9.17, 15) is 22.4 Å². The summed E-state index contributed by atoms with van der Waals surface area (Å²) in [6, 6.07) is 18.1. The van der Waals surface area contributed by atoms with E-state index in [1.165, 1.54) is 53.1 Å². The van der Waals surface area contributed by atoms with Crippen LogP contribution in [0.25, 0.3) is 0 Å². The minimum atomic E-state index is -4.14. The molecule has 1 N–H and O–H groups in total. The highest BCUT2D eigenvalue weighted by Gasteiger charge is 2.32. The third-order valence-corrected chi connectivity index (χ3v) is 8.90. The zero-order valence-corrected chi connectivity index (χ0v) is 25.1. The lowest BCUT2D eigenvalue weighted by atomic mass is 10.1. The number of hydrogen-bond acceptors (Lipinski definition) is 5. The monoisotopic (exact) mass is 585 g/mol. The van der Waals surface area contributed by atoms with Crippen LogP contribution in [0.5, 0.6) is 0 Å². The molecule has 0 unspecified atom stereocenters. The first kappa shape index (κ1) is 31.2. The van der Waals surface area contributed by atoms with Crippen LogP contribution >= 0.6 is 11.8 Å². The van der Waals surface area contributed by atoms with Gasteiger partial charge in [0.1, 0.15) is 18.4 Å². The average molecular weight is 586 g/mol. The van der Waals surface area contributed by atoms with E-state index in [1.54, 1.807) is 43.3 Å². The molecule has 0 aliphatic heterocycles. The molecular weight excluding hydrogens is 549 g/mol. The molecular formula is C30H36FN3O4S2. The normalized spacial score (nSPS) is 12.2. The molecule has 3 rings (SSSR count). The molecule has 0 spiro atoms.